The van der Waals surface area contributed by atoms with E-state index in [9.17, 15) is 0 Å². The molecule has 1 aromatic carbocycles. The van der Waals surface area contributed by atoms with E-state index in [1.807, 2.05) is 16.9 Å². The van der Waals surface area contributed by atoms with Crippen LogP contribution in [0.2, 0.25) is 0 Å². The van der Waals surface area contributed by atoms with Gasteiger partial charge in [-0.3, -0.25) is 0 Å². The minimum absolute atomic E-state index is 0. The fraction of sp³-hybridized carbons (Fsp3) is 0.474. The van der Waals surface area contributed by atoms with Crippen molar-refractivity contribution in [3.05, 3.63) is 48.3 Å². The van der Waals surface area contributed by atoms with Crippen LogP contribution in [-0.2, 0) is 11.3 Å². The summed E-state index contributed by atoms with van der Waals surface area (Å²) < 4.78 is 7.67. The Balaban J connectivity index is 0.00000243. The van der Waals surface area contributed by atoms with Gasteiger partial charge in [0.2, 0.25) is 0 Å². The average Bonchev–Trinajstić information content (AvgIpc) is 3.30. The first-order valence-corrected chi connectivity index (χ1v) is 8.94. The molecule has 1 atom stereocenters. The third kappa shape index (κ3) is 5.70. The van der Waals surface area contributed by atoms with Crippen molar-refractivity contribution in [3.8, 4) is 5.69 Å². The Bertz CT molecular complexity index is 678. The summed E-state index contributed by atoms with van der Waals surface area (Å²) in [6.07, 6.45) is 5.94. The minimum Gasteiger partial charge on any atom is -0.373 e. The molecular formula is C19H28IN5O. The first-order chi connectivity index (χ1) is 12.2. The van der Waals surface area contributed by atoms with E-state index < -0.39 is 0 Å². The zero-order valence-electron chi connectivity index (χ0n) is 15.4. The fourth-order valence-corrected chi connectivity index (χ4v) is 2.93. The van der Waals surface area contributed by atoms with Gasteiger partial charge in [0.25, 0.3) is 0 Å². The molecule has 1 aliphatic rings. The maximum absolute atomic E-state index is 5.83. The van der Waals surface area contributed by atoms with Gasteiger partial charge in [-0.1, -0.05) is 12.1 Å². The van der Waals surface area contributed by atoms with Gasteiger partial charge in [0.15, 0.2) is 5.96 Å². The van der Waals surface area contributed by atoms with Gasteiger partial charge in [-0.15, -0.1) is 24.0 Å². The van der Waals surface area contributed by atoms with Crippen LogP contribution >= 0.6 is 24.0 Å². The van der Waals surface area contributed by atoms with E-state index in [1.54, 1.807) is 6.20 Å². The van der Waals surface area contributed by atoms with Crippen molar-refractivity contribution >= 4 is 29.9 Å². The SMILES string of the molecule is CCNC(=NCc1ccc(-n2cccn2)cc1)NCC1(C)CCCO1.I. The van der Waals surface area contributed by atoms with Crippen molar-refractivity contribution in [2.45, 2.75) is 38.8 Å². The van der Waals surface area contributed by atoms with Crippen LogP contribution in [0.3, 0.4) is 0 Å². The lowest BCUT2D eigenvalue weighted by atomic mass is 10.0. The highest BCUT2D eigenvalue weighted by Gasteiger charge is 2.29. The van der Waals surface area contributed by atoms with Crippen molar-refractivity contribution < 1.29 is 4.74 Å². The summed E-state index contributed by atoms with van der Waals surface area (Å²) in [7, 11) is 0. The molecule has 2 heterocycles. The number of aromatic nitrogens is 2. The molecular weight excluding hydrogens is 441 g/mol. The number of halogens is 1. The molecule has 26 heavy (non-hydrogen) atoms. The summed E-state index contributed by atoms with van der Waals surface area (Å²) in [5.74, 6) is 0.829. The number of nitrogens with one attached hydrogen (secondary N) is 2. The summed E-state index contributed by atoms with van der Waals surface area (Å²) in [5.41, 5.74) is 2.13. The number of hydrogen-bond acceptors (Lipinski definition) is 3. The molecule has 1 aliphatic heterocycles. The van der Waals surface area contributed by atoms with Crippen LogP contribution in [0, 0.1) is 0 Å². The summed E-state index contributed by atoms with van der Waals surface area (Å²) in [6, 6.07) is 10.2. The van der Waals surface area contributed by atoms with Gasteiger partial charge in [0, 0.05) is 32.1 Å². The van der Waals surface area contributed by atoms with Crippen molar-refractivity contribution in [2.24, 2.45) is 4.99 Å². The van der Waals surface area contributed by atoms with E-state index in [1.165, 1.54) is 0 Å². The van der Waals surface area contributed by atoms with Gasteiger partial charge >= 0.3 is 0 Å². The van der Waals surface area contributed by atoms with Gasteiger partial charge in [-0.05, 0) is 50.5 Å². The lowest BCUT2D eigenvalue weighted by molar-refractivity contribution is 0.0243. The maximum Gasteiger partial charge on any atom is 0.191 e. The molecule has 0 radical (unpaired) electrons. The fourth-order valence-electron chi connectivity index (χ4n) is 2.93. The minimum atomic E-state index is -0.0817. The summed E-state index contributed by atoms with van der Waals surface area (Å²) in [4.78, 5) is 4.68. The molecule has 0 amide bonds. The quantitative estimate of drug-likeness (QED) is 0.388. The highest BCUT2D eigenvalue weighted by Crippen LogP contribution is 2.23. The molecule has 1 aromatic heterocycles. The van der Waals surface area contributed by atoms with Crippen LogP contribution in [0.15, 0.2) is 47.7 Å². The van der Waals surface area contributed by atoms with Crippen LogP contribution in [0.4, 0.5) is 0 Å². The molecule has 0 bridgehead atoms. The van der Waals surface area contributed by atoms with E-state index >= 15 is 0 Å². The van der Waals surface area contributed by atoms with Crippen molar-refractivity contribution in [2.75, 3.05) is 19.7 Å². The Morgan fingerprint density at radius 1 is 1.31 bits per heavy atom. The summed E-state index contributed by atoms with van der Waals surface area (Å²) >= 11 is 0. The largest absolute Gasteiger partial charge is 0.373 e. The van der Waals surface area contributed by atoms with Crippen LogP contribution in [-0.4, -0.2) is 41.0 Å². The topological polar surface area (TPSA) is 63.5 Å². The molecule has 142 valence electrons. The van der Waals surface area contributed by atoms with Crippen LogP contribution in [0.1, 0.15) is 32.3 Å². The molecule has 7 heteroatoms. The summed E-state index contributed by atoms with van der Waals surface area (Å²) in [5, 5.41) is 10.9. The third-order valence-electron chi connectivity index (χ3n) is 4.40. The predicted octanol–water partition coefficient (Wildman–Crippen LogP) is 3.11. The van der Waals surface area contributed by atoms with Crippen LogP contribution in [0.25, 0.3) is 5.69 Å². The second-order valence-corrected chi connectivity index (χ2v) is 6.57. The van der Waals surface area contributed by atoms with Gasteiger partial charge in [-0.25, -0.2) is 9.67 Å². The molecule has 0 saturated carbocycles. The molecule has 1 unspecified atom stereocenters. The molecule has 2 N–H and O–H groups in total. The summed E-state index contributed by atoms with van der Waals surface area (Å²) in [6.45, 7) is 7.33. The zero-order valence-corrected chi connectivity index (χ0v) is 17.8. The monoisotopic (exact) mass is 469 g/mol. The van der Waals surface area contributed by atoms with E-state index in [0.717, 1.165) is 49.7 Å². The van der Waals surface area contributed by atoms with Gasteiger partial charge in [0.1, 0.15) is 0 Å². The Morgan fingerprint density at radius 3 is 2.73 bits per heavy atom. The number of benzene rings is 1. The number of hydrogen-bond donors (Lipinski definition) is 2. The third-order valence-corrected chi connectivity index (χ3v) is 4.40. The second-order valence-electron chi connectivity index (χ2n) is 6.57. The van der Waals surface area contributed by atoms with Crippen molar-refractivity contribution in [1.82, 2.24) is 20.4 Å². The predicted molar refractivity (Wildman–Crippen MR) is 115 cm³/mol. The van der Waals surface area contributed by atoms with Gasteiger partial charge in [0.05, 0.1) is 17.8 Å². The Morgan fingerprint density at radius 2 is 2.12 bits per heavy atom. The average molecular weight is 469 g/mol. The Hall–Kier alpha value is -1.61. The first kappa shape index (κ1) is 20.7. The molecule has 2 aromatic rings. The molecule has 3 rings (SSSR count). The number of rotatable bonds is 6. The number of nitrogens with zero attached hydrogens (tertiary/aromatic N) is 3. The smallest absolute Gasteiger partial charge is 0.191 e. The van der Waals surface area contributed by atoms with Crippen LogP contribution < -0.4 is 10.6 Å². The normalized spacial score (nSPS) is 19.8. The lowest BCUT2D eigenvalue weighted by Gasteiger charge is -2.24. The molecule has 1 saturated heterocycles. The lowest BCUT2D eigenvalue weighted by Crippen LogP contribution is -2.45. The standard InChI is InChI=1S/C19H27N5O.HI/c1-3-20-18(22-15-19(2)10-4-13-25-19)21-14-16-6-8-17(9-7-16)24-12-5-11-23-24;/h5-9,11-12H,3-4,10,13-15H2,1-2H3,(H2,20,21,22);1H. The van der Waals surface area contributed by atoms with E-state index in [2.05, 4.69) is 58.8 Å². The van der Waals surface area contributed by atoms with E-state index in [4.69, 9.17) is 4.74 Å². The van der Waals surface area contributed by atoms with Crippen molar-refractivity contribution in [3.63, 3.8) is 0 Å². The molecule has 0 spiro atoms. The molecule has 0 aliphatic carbocycles. The van der Waals surface area contributed by atoms with E-state index in [0.29, 0.717) is 6.54 Å². The van der Waals surface area contributed by atoms with Gasteiger partial charge < -0.3 is 15.4 Å². The highest BCUT2D eigenvalue weighted by atomic mass is 127. The molecule has 1 fully saturated rings. The second kappa shape index (κ2) is 9.91. The van der Waals surface area contributed by atoms with Gasteiger partial charge in [-0.2, -0.15) is 5.10 Å². The van der Waals surface area contributed by atoms with E-state index in [-0.39, 0.29) is 29.6 Å². The first-order valence-electron chi connectivity index (χ1n) is 8.94. The van der Waals surface area contributed by atoms with Crippen LogP contribution in [0.5, 0.6) is 0 Å². The number of ether oxygens (including phenoxy) is 1. The number of guanidine groups is 1. The zero-order chi connectivity index (χ0) is 17.5. The number of aliphatic imine (C=N–C) groups is 1. The maximum atomic E-state index is 5.83. The van der Waals surface area contributed by atoms with Crippen molar-refractivity contribution in [1.29, 1.82) is 0 Å². The molecule has 6 nitrogen and oxygen atoms in total. The Kier molecular flexibility index (Phi) is 7.89. The highest BCUT2D eigenvalue weighted by molar-refractivity contribution is 14.0. The Labute approximate surface area is 172 Å².